The molecule has 1 aromatic heterocycles. The van der Waals surface area contributed by atoms with Gasteiger partial charge in [-0.1, -0.05) is 73.9 Å². The van der Waals surface area contributed by atoms with Gasteiger partial charge in [0.25, 0.3) is 11.8 Å². The van der Waals surface area contributed by atoms with Crippen LogP contribution in [-0.4, -0.2) is 34.1 Å². The molecule has 0 spiro atoms. The number of nitrogens with one attached hydrogen (secondary N) is 1. The molecule has 3 heterocycles. The summed E-state index contributed by atoms with van der Waals surface area (Å²) < 4.78 is 13.2. The molecule has 0 bridgehead atoms. The highest BCUT2D eigenvalue weighted by molar-refractivity contribution is 6.04. The maximum Gasteiger partial charge on any atom is 0.272 e. The molecule has 0 saturated heterocycles. The Balaban J connectivity index is 1.40. The summed E-state index contributed by atoms with van der Waals surface area (Å²) in [6.45, 7) is 0.762. The van der Waals surface area contributed by atoms with Gasteiger partial charge in [0, 0.05) is 23.5 Å². The lowest BCUT2D eigenvalue weighted by Gasteiger charge is -2.47. The smallest absolute Gasteiger partial charge is 0.272 e. The molecule has 3 aromatic carbocycles. The van der Waals surface area contributed by atoms with Crippen LogP contribution in [0.4, 0.5) is 0 Å². The lowest BCUT2D eigenvalue weighted by atomic mass is 9.83. The fourth-order valence-electron chi connectivity index (χ4n) is 6.45. The highest BCUT2D eigenvalue weighted by Crippen LogP contribution is 2.41. The van der Waals surface area contributed by atoms with Gasteiger partial charge in [-0.2, -0.15) is 0 Å². The monoisotopic (exact) mass is 521 g/mol. The van der Waals surface area contributed by atoms with Crippen molar-refractivity contribution in [3.05, 3.63) is 95.7 Å². The van der Waals surface area contributed by atoms with Gasteiger partial charge in [0.1, 0.15) is 5.69 Å². The molecule has 7 nitrogen and oxygen atoms in total. The van der Waals surface area contributed by atoms with E-state index in [1.54, 1.807) is 4.90 Å². The van der Waals surface area contributed by atoms with Crippen molar-refractivity contribution in [2.75, 3.05) is 6.79 Å². The molecule has 198 valence electrons. The summed E-state index contributed by atoms with van der Waals surface area (Å²) in [6.07, 6.45) is 5.34. The quantitative estimate of drug-likeness (QED) is 0.383. The number of hydrogen-bond donors (Lipinski definition) is 1. The Hall–Kier alpha value is -4.26. The Bertz CT molecular complexity index is 1560. The first-order valence-corrected chi connectivity index (χ1v) is 13.8. The Kier molecular flexibility index (Phi) is 5.80. The molecule has 1 atom stereocenters. The van der Waals surface area contributed by atoms with Crippen LogP contribution in [0.5, 0.6) is 11.5 Å². The maximum absolute atomic E-state index is 14.6. The molecule has 7 heteroatoms. The zero-order valence-corrected chi connectivity index (χ0v) is 21.8. The summed E-state index contributed by atoms with van der Waals surface area (Å²) >= 11 is 0. The number of rotatable bonds is 5. The average Bonchev–Trinajstić information content (AvgIpc) is 3.60. The Labute approximate surface area is 227 Å². The normalized spacial score (nSPS) is 20.7. The van der Waals surface area contributed by atoms with Gasteiger partial charge in [-0.15, -0.1) is 0 Å². The number of benzene rings is 3. The molecule has 0 radical (unpaired) electrons. The Morgan fingerprint density at radius 3 is 2.51 bits per heavy atom. The van der Waals surface area contributed by atoms with Crippen LogP contribution in [0, 0.1) is 0 Å². The number of para-hydroxylation sites is 1. The number of aromatic nitrogens is 1. The number of ether oxygens (including phenoxy) is 2. The van der Waals surface area contributed by atoms with Gasteiger partial charge >= 0.3 is 0 Å². The minimum absolute atomic E-state index is 0.108. The van der Waals surface area contributed by atoms with E-state index < -0.39 is 5.54 Å². The molecule has 39 heavy (non-hydrogen) atoms. The summed E-state index contributed by atoms with van der Waals surface area (Å²) in [7, 11) is 0. The standard InChI is InChI=1S/C32H31N3O4/c36-30-27-18-23-9-7-8-14-26(23)34(27)20-32(24-10-3-1-4-11-24,31(37)33-25-12-5-2-6-13-25)35(30)19-22-15-16-28-29(17-22)39-21-38-28/h1,3-4,7-11,14-18,25H,2,5-6,12-13,19-21H2,(H,33,37)/t32-/m0/s1. The first-order valence-electron chi connectivity index (χ1n) is 13.8. The number of hydrogen-bond acceptors (Lipinski definition) is 4. The highest BCUT2D eigenvalue weighted by Gasteiger charge is 2.53. The number of nitrogens with zero attached hydrogens (tertiary/aromatic N) is 2. The molecule has 2 aliphatic heterocycles. The topological polar surface area (TPSA) is 72.8 Å². The van der Waals surface area contributed by atoms with Crippen molar-refractivity contribution in [1.82, 2.24) is 14.8 Å². The number of amides is 2. The van der Waals surface area contributed by atoms with Crippen molar-refractivity contribution < 1.29 is 19.1 Å². The second-order valence-corrected chi connectivity index (χ2v) is 10.8. The van der Waals surface area contributed by atoms with Crippen molar-refractivity contribution in [3.8, 4) is 11.5 Å². The van der Waals surface area contributed by atoms with Crippen molar-refractivity contribution in [2.24, 2.45) is 0 Å². The van der Waals surface area contributed by atoms with Crippen LogP contribution in [0.2, 0.25) is 0 Å². The van der Waals surface area contributed by atoms with Crippen LogP contribution in [0.25, 0.3) is 10.9 Å². The lowest BCUT2D eigenvalue weighted by Crippen LogP contribution is -2.64. The van der Waals surface area contributed by atoms with Gasteiger partial charge in [-0.05, 0) is 48.2 Å². The fourth-order valence-corrected chi connectivity index (χ4v) is 6.45. The number of carbonyl (C=O) groups excluding carboxylic acids is 2. The second kappa shape index (κ2) is 9.49. The third-order valence-corrected chi connectivity index (χ3v) is 8.47. The van der Waals surface area contributed by atoms with E-state index in [0.29, 0.717) is 23.7 Å². The van der Waals surface area contributed by atoms with E-state index in [4.69, 9.17) is 9.47 Å². The van der Waals surface area contributed by atoms with Crippen molar-refractivity contribution >= 4 is 22.7 Å². The van der Waals surface area contributed by atoms with Crippen LogP contribution in [-0.2, 0) is 23.4 Å². The molecule has 7 rings (SSSR count). The molecule has 4 aromatic rings. The fraction of sp³-hybridized carbons (Fsp3) is 0.312. The number of carbonyl (C=O) groups is 2. The van der Waals surface area contributed by atoms with Crippen LogP contribution < -0.4 is 14.8 Å². The second-order valence-electron chi connectivity index (χ2n) is 10.8. The SMILES string of the molecule is O=C1c2cc3ccccc3n2C[C@@](C(=O)NC2CCCCC2)(c2ccccc2)N1Cc1ccc2c(c1)OCO2. The maximum atomic E-state index is 14.6. The van der Waals surface area contributed by atoms with E-state index in [2.05, 4.69) is 5.32 Å². The largest absolute Gasteiger partial charge is 0.454 e. The van der Waals surface area contributed by atoms with E-state index in [9.17, 15) is 9.59 Å². The van der Waals surface area contributed by atoms with Crippen molar-refractivity contribution in [1.29, 1.82) is 0 Å². The van der Waals surface area contributed by atoms with Crippen molar-refractivity contribution in [2.45, 2.75) is 56.8 Å². The van der Waals surface area contributed by atoms with Gasteiger partial charge in [0.15, 0.2) is 17.0 Å². The van der Waals surface area contributed by atoms with Crippen LogP contribution >= 0.6 is 0 Å². The molecular weight excluding hydrogens is 490 g/mol. The lowest BCUT2D eigenvalue weighted by molar-refractivity contribution is -0.136. The summed E-state index contributed by atoms with van der Waals surface area (Å²) in [5, 5.41) is 4.37. The van der Waals surface area contributed by atoms with Gasteiger partial charge < -0.3 is 24.3 Å². The minimum Gasteiger partial charge on any atom is -0.454 e. The van der Waals surface area contributed by atoms with E-state index >= 15 is 0 Å². The molecule has 1 fully saturated rings. The van der Waals surface area contributed by atoms with E-state index in [1.807, 2.05) is 83.4 Å². The molecular formula is C32H31N3O4. The first kappa shape index (κ1) is 23.8. The highest BCUT2D eigenvalue weighted by atomic mass is 16.7. The summed E-state index contributed by atoms with van der Waals surface area (Å²) in [6, 6.07) is 25.5. The molecule has 1 aliphatic carbocycles. The third-order valence-electron chi connectivity index (χ3n) is 8.47. The van der Waals surface area contributed by atoms with Gasteiger partial charge in [0.2, 0.25) is 6.79 Å². The Morgan fingerprint density at radius 2 is 1.67 bits per heavy atom. The van der Waals surface area contributed by atoms with E-state index in [-0.39, 0.29) is 31.2 Å². The predicted molar refractivity (Wildman–Crippen MR) is 148 cm³/mol. The summed E-state index contributed by atoms with van der Waals surface area (Å²) in [5.74, 6) is 1.05. The van der Waals surface area contributed by atoms with Gasteiger partial charge in [-0.25, -0.2) is 0 Å². The molecule has 3 aliphatic rings. The number of fused-ring (bicyclic) bond motifs is 4. The van der Waals surface area contributed by atoms with E-state index in [0.717, 1.165) is 47.7 Å². The van der Waals surface area contributed by atoms with Crippen LogP contribution in [0.3, 0.4) is 0 Å². The predicted octanol–water partition coefficient (Wildman–Crippen LogP) is 5.37. The molecule has 1 N–H and O–H groups in total. The third kappa shape index (κ3) is 3.95. The first-order chi connectivity index (χ1) is 19.1. The summed E-state index contributed by atoms with van der Waals surface area (Å²) in [4.78, 5) is 30.9. The van der Waals surface area contributed by atoms with Crippen molar-refractivity contribution in [3.63, 3.8) is 0 Å². The van der Waals surface area contributed by atoms with Crippen LogP contribution in [0.15, 0.2) is 78.9 Å². The molecule has 0 unspecified atom stereocenters. The van der Waals surface area contributed by atoms with Gasteiger partial charge in [-0.3, -0.25) is 9.59 Å². The zero-order chi connectivity index (χ0) is 26.4. The average molecular weight is 522 g/mol. The molecule has 1 saturated carbocycles. The Morgan fingerprint density at radius 1 is 0.897 bits per heavy atom. The minimum atomic E-state index is -1.24. The molecule has 2 amide bonds. The zero-order valence-electron chi connectivity index (χ0n) is 21.8. The summed E-state index contributed by atoms with van der Waals surface area (Å²) in [5.41, 5.74) is 1.99. The van der Waals surface area contributed by atoms with E-state index in [1.165, 1.54) is 6.42 Å². The van der Waals surface area contributed by atoms with Crippen LogP contribution in [0.1, 0.15) is 53.7 Å². The van der Waals surface area contributed by atoms with Gasteiger partial charge in [0.05, 0.1) is 6.54 Å².